The van der Waals surface area contributed by atoms with Crippen LogP contribution < -0.4 is 24.8 Å². The van der Waals surface area contributed by atoms with E-state index in [9.17, 15) is 0 Å². The number of hydrogen-bond acceptors (Lipinski definition) is 0. The summed E-state index contributed by atoms with van der Waals surface area (Å²) in [5, 5.41) is 3.05. The van der Waals surface area contributed by atoms with Gasteiger partial charge in [0.25, 0.3) is 0 Å². The first kappa shape index (κ1) is 72.7. The molecule has 0 spiro atoms. The van der Waals surface area contributed by atoms with Crippen molar-refractivity contribution in [3.05, 3.63) is 305 Å². The molecule has 0 heterocycles. The van der Waals surface area contributed by atoms with Gasteiger partial charge in [0.15, 0.2) is 0 Å². The first-order chi connectivity index (χ1) is 39.6. The third kappa shape index (κ3) is 21.0. The molecule has 0 aliphatic heterocycles. The van der Waals surface area contributed by atoms with Crippen LogP contribution in [0, 0.1) is 24.3 Å². The van der Waals surface area contributed by atoms with Crippen molar-refractivity contribution >= 4 is 52.8 Å². The minimum atomic E-state index is 0. The smallest absolute Gasteiger partial charge is 0.109 e. The zero-order valence-corrected chi connectivity index (χ0v) is 61.0. The van der Waals surface area contributed by atoms with Gasteiger partial charge in [0, 0.05) is 0 Å². The molecule has 4 aliphatic carbocycles. The second kappa shape index (κ2) is 32.6. The number of benzene rings is 8. The van der Waals surface area contributed by atoms with E-state index in [1.807, 2.05) is 97.1 Å². The van der Waals surface area contributed by atoms with Crippen molar-refractivity contribution in [1.29, 1.82) is 0 Å². The van der Waals surface area contributed by atoms with Gasteiger partial charge in [-0.15, -0.1) is 24.0 Å². The van der Waals surface area contributed by atoms with Crippen molar-refractivity contribution in [2.45, 2.75) is 130 Å². The van der Waals surface area contributed by atoms with Crippen LogP contribution in [-0.4, -0.2) is 6.41 Å². The fourth-order valence-corrected chi connectivity index (χ4v) is 11.8. The Morgan fingerprint density at radius 1 is 0.372 bits per heavy atom. The van der Waals surface area contributed by atoms with E-state index in [2.05, 4.69) is 204 Å². The summed E-state index contributed by atoms with van der Waals surface area (Å²) in [5.74, 6) is 0. The number of fused-ring (bicyclic) bond motifs is 6. The van der Waals surface area contributed by atoms with Crippen LogP contribution in [0.3, 0.4) is 0 Å². The molecule has 0 nitrogen and oxygen atoms in total. The van der Waals surface area contributed by atoms with Crippen LogP contribution in [0.15, 0.2) is 194 Å². The van der Waals surface area contributed by atoms with Crippen molar-refractivity contribution in [2.24, 2.45) is 0 Å². The summed E-state index contributed by atoms with van der Waals surface area (Å²) in [5.41, 5.74) is 22.2. The van der Waals surface area contributed by atoms with Crippen LogP contribution in [0.5, 0.6) is 0 Å². The topological polar surface area (TPSA) is 0 Å². The summed E-state index contributed by atoms with van der Waals surface area (Å²) < 4.78 is 2.52. The molecule has 12 rings (SSSR count). The zero-order chi connectivity index (χ0) is 61.0. The van der Waals surface area contributed by atoms with Gasteiger partial charge < -0.3 is 24.8 Å². The van der Waals surface area contributed by atoms with E-state index in [1.165, 1.54) is 122 Å². The molecule has 0 bridgehead atoms. The molecule has 0 fully saturated rings. The van der Waals surface area contributed by atoms with E-state index in [4.69, 9.17) is 46.4 Å². The second-order valence-electron chi connectivity index (χ2n) is 25.5. The minimum Gasteiger partial charge on any atom is -1.00 e. The monoisotopic (exact) mass is 1400 g/mol. The van der Waals surface area contributed by atoms with Gasteiger partial charge >= 0.3 is 241 Å². The van der Waals surface area contributed by atoms with Gasteiger partial charge in [-0.2, -0.15) is 70.8 Å². The normalized spacial score (nSPS) is 12.7. The first-order valence-corrected chi connectivity index (χ1v) is 32.6. The summed E-state index contributed by atoms with van der Waals surface area (Å²) in [7, 11) is 0. The second-order valence-corrected chi connectivity index (χ2v) is 29.7. The van der Waals surface area contributed by atoms with E-state index in [0.29, 0.717) is 0 Å². The number of halogens is 6. The molecule has 0 radical (unpaired) electrons. The number of hydrogen-bond donors (Lipinski definition) is 0. The molecule has 86 heavy (non-hydrogen) atoms. The predicted molar refractivity (Wildman–Crippen MR) is 357 cm³/mol. The van der Waals surface area contributed by atoms with Crippen LogP contribution in [0.1, 0.15) is 163 Å². The molecule has 440 valence electrons. The Bertz CT molecular complexity index is 3270. The SMILES string of the molecule is CC(C)(C)c1c[c-]c2c(c1)-c1cc(C(C)(C)C)ccc1C2.CC(C)(C)c1c[c-]c2c(c1)-c1cc(C(C)(C)C)ccc1C2.Clc1cccc([C](=[Zr+2])c2cccc(Cl)c2)c1.Clc1cccc([C](=[Zr+2])c2cccc(Cl)c2)c1.[C-]1=CC=CC1.[C-]1=CC=CC1.[Cl-].[Cl-]. The first-order valence-electron chi connectivity index (χ1n) is 28.7. The van der Waals surface area contributed by atoms with E-state index in [0.717, 1.165) is 68.0 Å². The fourth-order valence-electron chi connectivity index (χ4n) is 9.56. The van der Waals surface area contributed by atoms with Gasteiger partial charge in [0.2, 0.25) is 0 Å². The summed E-state index contributed by atoms with van der Waals surface area (Å²) in [6.45, 7) is 27.3. The maximum absolute atomic E-state index is 5.98. The Labute approximate surface area is 578 Å². The molecular weight excluding hydrogens is 1330 g/mol. The van der Waals surface area contributed by atoms with Crippen molar-refractivity contribution in [1.82, 2.24) is 0 Å². The van der Waals surface area contributed by atoms with Crippen LogP contribution in [0.2, 0.25) is 20.1 Å². The average molecular weight is 1410 g/mol. The Hall–Kier alpha value is -4.03. The van der Waals surface area contributed by atoms with Crippen LogP contribution in [0.25, 0.3) is 22.3 Å². The number of rotatable bonds is 4. The largest absolute Gasteiger partial charge is 1.00 e. The molecular formula is C78H76Cl6Zr2-2. The minimum absolute atomic E-state index is 0. The van der Waals surface area contributed by atoms with Gasteiger partial charge in [-0.25, -0.2) is 24.3 Å². The van der Waals surface area contributed by atoms with Gasteiger partial charge in [-0.3, -0.25) is 12.2 Å². The molecule has 0 atom stereocenters. The van der Waals surface area contributed by atoms with Gasteiger partial charge in [-0.1, -0.05) is 153 Å². The van der Waals surface area contributed by atoms with Gasteiger partial charge in [0.1, 0.15) is 0 Å². The van der Waals surface area contributed by atoms with Crippen molar-refractivity contribution in [3.63, 3.8) is 0 Å². The molecule has 0 unspecified atom stereocenters. The Morgan fingerprint density at radius 3 is 0.895 bits per heavy atom. The molecule has 8 aromatic carbocycles. The molecule has 8 aromatic rings. The van der Waals surface area contributed by atoms with E-state index < -0.39 is 0 Å². The van der Waals surface area contributed by atoms with E-state index in [-0.39, 0.29) is 46.5 Å². The van der Waals surface area contributed by atoms with Crippen molar-refractivity contribution in [3.8, 4) is 22.3 Å². The quantitative estimate of drug-likeness (QED) is 0.154. The molecule has 8 heteroatoms. The van der Waals surface area contributed by atoms with Gasteiger partial charge in [-0.05, 0) is 34.8 Å². The maximum Gasteiger partial charge on any atom is -0.109 e. The zero-order valence-electron chi connectivity index (χ0n) is 51.6. The predicted octanol–water partition coefficient (Wildman–Crippen LogP) is 16.1. The van der Waals surface area contributed by atoms with E-state index >= 15 is 0 Å². The fraction of sp³-hybridized carbons (Fsp3) is 0.256. The van der Waals surface area contributed by atoms with E-state index in [1.54, 1.807) is 0 Å². The Kier molecular flexibility index (Phi) is 27.6. The van der Waals surface area contributed by atoms with Crippen LogP contribution in [-0.2, 0) is 83.0 Å². The molecule has 0 amide bonds. The molecule has 4 aliphatic rings. The summed E-state index contributed by atoms with van der Waals surface area (Å²) in [4.78, 5) is 0. The van der Waals surface area contributed by atoms with Gasteiger partial charge in [0.05, 0.1) is 0 Å². The summed E-state index contributed by atoms with van der Waals surface area (Å²) >= 11 is 26.6. The molecule has 0 saturated heterocycles. The maximum atomic E-state index is 5.98. The molecule has 0 aromatic heterocycles. The van der Waals surface area contributed by atoms with Crippen LogP contribution in [0.4, 0.5) is 0 Å². The average Bonchev–Trinajstić information content (AvgIpc) is 1.75. The number of allylic oxidation sites excluding steroid dienone is 8. The Morgan fingerprint density at radius 2 is 0.663 bits per heavy atom. The Balaban J connectivity index is 0.000000198. The van der Waals surface area contributed by atoms with Crippen molar-refractivity contribution in [2.75, 3.05) is 0 Å². The van der Waals surface area contributed by atoms with Crippen LogP contribution >= 0.6 is 46.4 Å². The summed E-state index contributed by atoms with van der Waals surface area (Å²) in [6.07, 6.45) is 22.1. The standard InChI is InChI=1S/2C21H25.2C13H8Cl2.2C5H5.2ClH.2Zr/c2*1-20(2,3)16-9-7-14-11-15-8-10-17(21(4,5)6)13-19(15)18(14)12-16;2*14-12-5-1-3-10(8-12)7-11-4-2-6-13(15)9-11;2*1-2-4-5-3-1;;;;/h2*7,9-10,12-13H,11H2,1-6H3;2*1-6,8-9H;2*1-3H,4H2;2*1H;;/q2*-1;;;2*-1;;;2*+2/p-2. The third-order valence-electron chi connectivity index (χ3n) is 14.7. The third-order valence-corrected chi connectivity index (χ3v) is 18.5. The molecule has 0 N–H and O–H groups in total. The summed E-state index contributed by atoms with van der Waals surface area (Å²) in [6, 6.07) is 61.7. The molecule has 0 saturated carbocycles. The van der Waals surface area contributed by atoms with Crippen molar-refractivity contribution < 1.29 is 73.3 Å².